The first-order chi connectivity index (χ1) is 16.0. The van der Waals surface area contributed by atoms with Crippen LogP contribution in [0.15, 0.2) is 51.7 Å². The molecule has 0 aliphatic rings. The summed E-state index contributed by atoms with van der Waals surface area (Å²) < 4.78 is 16.6. The Morgan fingerprint density at radius 1 is 1.09 bits per heavy atom. The fourth-order valence-corrected chi connectivity index (χ4v) is 3.68. The number of alkyl carbamates (subject to hydrolysis) is 1. The van der Waals surface area contributed by atoms with E-state index in [0.717, 1.165) is 11.1 Å². The van der Waals surface area contributed by atoms with Gasteiger partial charge >= 0.3 is 17.7 Å². The van der Waals surface area contributed by atoms with E-state index >= 15 is 0 Å². The van der Waals surface area contributed by atoms with Crippen molar-refractivity contribution in [3.63, 3.8) is 0 Å². The molecule has 0 spiro atoms. The summed E-state index contributed by atoms with van der Waals surface area (Å²) in [6.07, 6.45) is 0.0109. The number of ether oxygens (including phenoxy) is 2. The second-order valence-corrected chi connectivity index (χ2v) is 9.32. The van der Waals surface area contributed by atoms with E-state index in [-0.39, 0.29) is 5.75 Å². The highest BCUT2D eigenvalue weighted by Crippen LogP contribution is 2.32. The van der Waals surface area contributed by atoms with Crippen LogP contribution in [0.3, 0.4) is 0 Å². The molecule has 0 saturated heterocycles. The molecule has 34 heavy (non-hydrogen) atoms. The highest BCUT2D eigenvalue weighted by atomic mass is 16.6. The van der Waals surface area contributed by atoms with Crippen LogP contribution in [0.4, 0.5) is 4.79 Å². The Hall–Kier alpha value is -3.61. The van der Waals surface area contributed by atoms with Gasteiger partial charge < -0.3 is 19.2 Å². The van der Waals surface area contributed by atoms with Gasteiger partial charge in [-0.1, -0.05) is 37.3 Å². The molecule has 7 nitrogen and oxygen atoms in total. The number of rotatable bonds is 6. The maximum atomic E-state index is 13.0. The molecule has 2 aromatic carbocycles. The van der Waals surface area contributed by atoms with Crippen molar-refractivity contribution in [2.75, 3.05) is 0 Å². The Labute approximate surface area is 199 Å². The molecule has 1 N–H and O–H groups in total. The van der Waals surface area contributed by atoms with Gasteiger partial charge in [0.05, 0.1) is 5.39 Å². The van der Waals surface area contributed by atoms with Crippen LogP contribution in [0.2, 0.25) is 0 Å². The zero-order valence-corrected chi connectivity index (χ0v) is 20.5. The lowest BCUT2D eigenvalue weighted by molar-refractivity contribution is -0.136. The number of aryl methyl sites for hydroxylation is 2. The molecule has 0 bridgehead atoms. The zero-order valence-electron chi connectivity index (χ0n) is 20.5. The van der Waals surface area contributed by atoms with Crippen LogP contribution in [0.25, 0.3) is 11.0 Å². The average Bonchev–Trinajstić information content (AvgIpc) is 2.73. The molecule has 180 valence electrons. The van der Waals surface area contributed by atoms with Crippen LogP contribution in [-0.4, -0.2) is 23.7 Å². The maximum Gasteiger partial charge on any atom is 0.408 e. The molecule has 1 heterocycles. The minimum absolute atomic E-state index is 0.278. The van der Waals surface area contributed by atoms with E-state index in [1.165, 1.54) is 0 Å². The standard InChI is InChI=1S/C27H31NO6/c1-7-20(28-26(31)34-27(4,5)6)25(30)33-22-14-16(2)13-21-23(22)17(3)19(24(29)32-21)15-18-11-9-8-10-12-18/h8-14,20H,7,15H2,1-6H3,(H,28,31)/t20-/m0/s1. The molecule has 0 aliphatic carbocycles. The number of hydrogen-bond donors (Lipinski definition) is 1. The van der Waals surface area contributed by atoms with Crippen LogP contribution in [0.5, 0.6) is 5.75 Å². The minimum atomic E-state index is -0.898. The van der Waals surface area contributed by atoms with Gasteiger partial charge in [0.15, 0.2) is 0 Å². The Balaban J connectivity index is 1.96. The van der Waals surface area contributed by atoms with Gasteiger partial charge in [0, 0.05) is 12.0 Å². The predicted octanol–water partition coefficient (Wildman–Crippen LogP) is 5.21. The van der Waals surface area contributed by atoms with Crippen molar-refractivity contribution in [1.82, 2.24) is 5.32 Å². The second kappa shape index (κ2) is 10.1. The van der Waals surface area contributed by atoms with Gasteiger partial charge in [-0.2, -0.15) is 0 Å². The van der Waals surface area contributed by atoms with Crippen molar-refractivity contribution in [3.8, 4) is 5.75 Å². The Morgan fingerprint density at radius 2 is 1.76 bits per heavy atom. The number of benzene rings is 2. The highest BCUT2D eigenvalue weighted by molar-refractivity contribution is 5.92. The van der Waals surface area contributed by atoms with E-state index in [1.54, 1.807) is 39.8 Å². The maximum absolute atomic E-state index is 13.0. The molecule has 0 fully saturated rings. The van der Waals surface area contributed by atoms with E-state index < -0.39 is 29.3 Å². The van der Waals surface area contributed by atoms with Gasteiger partial charge in [-0.15, -0.1) is 0 Å². The van der Waals surface area contributed by atoms with Gasteiger partial charge in [-0.25, -0.2) is 14.4 Å². The fraction of sp³-hybridized carbons (Fsp3) is 0.370. The molecule has 3 rings (SSSR count). The van der Waals surface area contributed by atoms with Crippen LogP contribution in [0.1, 0.15) is 56.4 Å². The van der Waals surface area contributed by atoms with Gasteiger partial charge in [0.25, 0.3) is 0 Å². The van der Waals surface area contributed by atoms with Crippen LogP contribution in [0, 0.1) is 13.8 Å². The minimum Gasteiger partial charge on any atom is -0.444 e. The average molecular weight is 466 g/mol. The predicted molar refractivity (Wildman–Crippen MR) is 130 cm³/mol. The molecule has 7 heteroatoms. The third-order valence-corrected chi connectivity index (χ3v) is 5.31. The normalized spacial score (nSPS) is 12.3. The van der Waals surface area contributed by atoms with E-state index in [2.05, 4.69) is 5.32 Å². The summed E-state index contributed by atoms with van der Waals surface area (Å²) in [7, 11) is 0. The Kier molecular flexibility index (Phi) is 7.44. The van der Waals surface area contributed by atoms with Crippen LogP contribution in [-0.2, 0) is 16.0 Å². The first-order valence-electron chi connectivity index (χ1n) is 11.3. The lowest BCUT2D eigenvalue weighted by Crippen LogP contribution is -2.44. The number of nitrogens with one attached hydrogen (secondary N) is 1. The van der Waals surface area contributed by atoms with Crippen molar-refractivity contribution >= 4 is 23.0 Å². The molecule has 0 saturated carbocycles. The molecular weight excluding hydrogens is 434 g/mol. The van der Waals surface area contributed by atoms with E-state index in [4.69, 9.17) is 13.9 Å². The summed E-state index contributed by atoms with van der Waals surface area (Å²) in [6, 6.07) is 12.2. The lowest BCUT2D eigenvalue weighted by atomic mass is 9.98. The summed E-state index contributed by atoms with van der Waals surface area (Å²) >= 11 is 0. The molecule has 0 unspecified atom stereocenters. The molecule has 0 radical (unpaired) electrons. The van der Waals surface area contributed by atoms with Crippen molar-refractivity contribution in [2.45, 2.75) is 66.0 Å². The second-order valence-electron chi connectivity index (χ2n) is 9.32. The summed E-state index contributed by atoms with van der Waals surface area (Å²) in [6.45, 7) is 10.6. The number of carbonyl (C=O) groups is 2. The van der Waals surface area contributed by atoms with Gasteiger partial charge in [-0.3, -0.25) is 0 Å². The van der Waals surface area contributed by atoms with E-state index in [1.807, 2.05) is 44.2 Å². The molecule has 0 aliphatic heterocycles. The van der Waals surface area contributed by atoms with Gasteiger partial charge in [0.1, 0.15) is 23.0 Å². The van der Waals surface area contributed by atoms with Crippen molar-refractivity contribution in [1.29, 1.82) is 0 Å². The lowest BCUT2D eigenvalue weighted by Gasteiger charge is -2.22. The number of amides is 1. The fourth-order valence-electron chi connectivity index (χ4n) is 3.68. The largest absolute Gasteiger partial charge is 0.444 e. The summed E-state index contributed by atoms with van der Waals surface area (Å²) in [4.78, 5) is 37.9. The SMILES string of the molecule is CC[C@H](NC(=O)OC(C)(C)C)C(=O)Oc1cc(C)cc2oc(=O)c(Cc3ccccc3)c(C)c12. The third kappa shape index (κ3) is 6.04. The van der Waals surface area contributed by atoms with E-state index in [9.17, 15) is 14.4 Å². The summed E-state index contributed by atoms with van der Waals surface area (Å²) in [5, 5.41) is 3.12. The number of esters is 1. The number of hydrogen-bond acceptors (Lipinski definition) is 6. The zero-order chi connectivity index (χ0) is 25.0. The Morgan fingerprint density at radius 3 is 2.38 bits per heavy atom. The van der Waals surface area contributed by atoms with E-state index in [0.29, 0.717) is 34.9 Å². The number of fused-ring (bicyclic) bond motifs is 1. The molecule has 1 amide bonds. The number of carbonyl (C=O) groups excluding carboxylic acids is 2. The summed E-state index contributed by atoms with van der Waals surface area (Å²) in [5.74, 6) is -0.351. The summed E-state index contributed by atoms with van der Waals surface area (Å²) in [5.41, 5.74) is 2.15. The molecular formula is C27H31NO6. The topological polar surface area (TPSA) is 94.8 Å². The molecule has 3 aromatic rings. The van der Waals surface area contributed by atoms with Crippen molar-refractivity contribution in [2.24, 2.45) is 0 Å². The van der Waals surface area contributed by atoms with Gasteiger partial charge in [-0.05, 0) is 69.9 Å². The quantitative estimate of drug-likeness (QED) is 0.305. The van der Waals surface area contributed by atoms with Crippen LogP contribution < -0.4 is 15.7 Å². The van der Waals surface area contributed by atoms with Crippen molar-refractivity contribution in [3.05, 3.63) is 75.1 Å². The smallest absolute Gasteiger partial charge is 0.408 e. The monoisotopic (exact) mass is 465 g/mol. The molecule has 1 atom stereocenters. The van der Waals surface area contributed by atoms with Gasteiger partial charge in [0.2, 0.25) is 0 Å². The highest BCUT2D eigenvalue weighted by Gasteiger charge is 2.26. The third-order valence-electron chi connectivity index (χ3n) is 5.31. The van der Waals surface area contributed by atoms with Crippen LogP contribution >= 0.6 is 0 Å². The first-order valence-corrected chi connectivity index (χ1v) is 11.3. The van der Waals surface area contributed by atoms with Crippen molar-refractivity contribution < 1.29 is 23.5 Å². The Bertz CT molecular complexity index is 1250. The molecule has 1 aromatic heterocycles. The first kappa shape index (κ1) is 25.0.